The Balaban J connectivity index is 1.54. The third kappa shape index (κ3) is 3.64. The van der Waals surface area contributed by atoms with Gasteiger partial charge in [0.2, 0.25) is 5.91 Å². The maximum absolute atomic E-state index is 12.4. The number of esters is 1. The Kier molecular flexibility index (Phi) is 4.88. The standard InChI is InChI=1S/C18H14N2O7S/c21-16-8-28-15-2-1-10(5-14(15)19-16)18(22)26-7-12-4-13(20(23)24)3-11-6-25-9-27-17(11)12/h1-5H,6-9H2,(H,19,21). The van der Waals surface area contributed by atoms with Crippen molar-refractivity contribution in [2.45, 2.75) is 18.1 Å². The second-order valence-corrected chi connectivity index (χ2v) is 7.10. The Bertz CT molecular complexity index is 992. The van der Waals surface area contributed by atoms with E-state index < -0.39 is 10.9 Å². The first-order valence-corrected chi connectivity index (χ1v) is 9.24. The maximum atomic E-state index is 12.4. The summed E-state index contributed by atoms with van der Waals surface area (Å²) in [6.07, 6.45) is 0. The first-order valence-electron chi connectivity index (χ1n) is 8.26. The van der Waals surface area contributed by atoms with E-state index in [0.29, 0.717) is 28.3 Å². The van der Waals surface area contributed by atoms with Crippen molar-refractivity contribution in [1.29, 1.82) is 0 Å². The number of benzene rings is 2. The number of hydrogen-bond acceptors (Lipinski definition) is 8. The van der Waals surface area contributed by atoms with Gasteiger partial charge < -0.3 is 19.5 Å². The van der Waals surface area contributed by atoms with Gasteiger partial charge in [0.25, 0.3) is 5.69 Å². The lowest BCUT2D eigenvalue weighted by atomic mass is 10.1. The van der Waals surface area contributed by atoms with E-state index in [9.17, 15) is 19.7 Å². The van der Waals surface area contributed by atoms with Gasteiger partial charge in [-0.3, -0.25) is 14.9 Å². The average molecular weight is 402 g/mol. The molecule has 0 aromatic heterocycles. The number of thioether (sulfide) groups is 1. The van der Waals surface area contributed by atoms with E-state index in [1.54, 1.807) is 18.2 Å². The summed E-state index contributed by atoms with van der Waals surface area (Å²) in [5, 5.41) is 13.9. The fourth-order valence-corrected chi connectivity index (χ4v) is 3.72. The number of rotatable bonds is 4. The Hall–Kier alpha value is -3.11. The van der Waals surface area contributed by atoms with Crippen LogP contribution in [0, 0.1) is 10.1 Å². The van der Waals surface area contributed by atoms with E-state index in [-0.39, 0.29) is 37.2 Å². The molecule has 2 aliphatic heterocycles. The van der Waals surface area contributed by atoms with Crippen LogP contribution in [0.4, 0.5) is 11.4 Å². The number of nitrogens with zero attached hydrogens (tertiary/aromatic N) is 1. The van der Waals surface area contributed by atoms with Crippen LogP contribution < -0.4 is 10.1 Å². The van der Waals surface area contributed by atoms with Crippen molar-refractivity contribution in [2.24, 2.45) is 0 Å². The van der Waals surface area contributed by atoms with Crippen LogP contribution in [0.2, 0.25) is 0 Å². The molecular formula is C18H14N2O7S. The topological polar surface area (TPSA) is 117 Å². The summed E-state index contributed by atoms with van der Waals surface area (Å²) in [5.74, 6) is 0.0163. The van der Waals surface area contributed by atoms with Crippen LogP contribution in [0.1, 0.15) is 21.5 Å². The van der Waals surface area contributed by atoms with Crippen LogP contribution in [0.5, 0.6) is 5.75 Å². The summed E-state index contributed by atoms with van der Waals surface area (Å²) in [6.45, 7) is 0.00906. The molecule has 2 aromatic rings. The van der Waals surface area contributed by atoms with Gasteiger partial charge in [-0.15, -0.1) is 11.8 Å². The first kappa shape index (κ1) is 18.3. The molecule has 0 unspecified atom stereocenters. The highest BCUT2D eigenvalue weighted by Gasteiger charge is 2.23. The molecule has 144 valence electrons. The van der Waals surface area contributed by atoms with Gasteiger partial charge in [0, 0.05) is 28.2 Å². The van der Waals surface area contributed by atoms with Crippen molar-refractivity contribution >= 4 is 35.0 Å². The SMILES string of the molecule is O=C1CSc2ccc(C(=O)OCc3cc([N+](=O)[O-])cc4c3OCOC4)cc2N1. The number of fused-ring (bicyclic) bond motifs is 2. The van der Waals surface area contributed by atoms with Gasteiger partial charge in [0.1, 0.15) is 12.4 Å². The molecule has 4 rings (SSSR count). The third-order valence-electron chi connectivity index (χ3n) is 4.19. The van der Waals surface area contributed by atoms with Crippen LogP contribution in [-0.4, -0.2) is 29.3 Å². The highest BCUT2D eigenvalue weighted by atomic mass is 32.2. The average Bonchev–Trinajstić information content (AvgIpc) is 2.70. The monoisotopic (exact) mass is 402 g/mol. The Morgan fingerprint density at radius 1 is 1.32 bits per heavy atom. The molecule has 0 saturated carbocycles. The van der Waals surface area contributed by atoms with E-state index in [1.165, 1.54) is 23.9 Å². The lowest BCUT2D eigenvalue weighted by Gasteiger charge is -2.20. The zero-order valence-electron chi connectivity index (χ0n) is 14.4. The molecule has 9 nitrogen and oxygen atoms in total. The number of ether oxygens (including phenoxy) is 3. The summed E-state index contributed by atoms with van der Waals surface area (Å²) in [6, 6.07) is 7.60. The van der Waals surface area contributed by atoms with E-state index in [1.807, 2.05) is 0 Å². The lowest BCUT2D eigenvalue weighted by molar-refractivity contribution is -0.385. The minimum atomic E-state index is -0.611. The zero-order chi connectivity index (χ0) is 19.7. The first-order chi connectivity index (χ1) is 13.5. The van der Waals surface area contributed by atoms with E-state index in [0.717, 1.165) is 4.90 Å². The number of nitrogens with one attached hydrogen (secondary N) is 1. The molecule has 0 atom stereocenters. The Labute approximate surface area is 163 Å². The van der Waals surface area contributed by atoms with Crippen LogP contribution >= 0.6 is 11.8 Å². The highest BCUT2D eigenvalue weighted by Crippen LogP contribution is 2.34. The summed E-state index contributed by atoms with van der Waals surface area (Å²) >= 11 is 1.39. The number of carbonyl (C=O) groups is 2. The van der Waals surface area contributed by atoms with Crippen molar-refractivity contribution in [3.63, 3.8) is 0 Å². The number of anilines is 1. The largest absolute Gasteiger partial charge is 0.467 e. The number of nitro groups is 1. The van der Waals surface area contributed by atoms with Gasteiger partial charge in [-0.05, 0) is 18.2 Å². The maximum Gasteiger partial charge on any atom is 0.338 e. The minimum absolute atomic E-state index is 0.0218. The molecule has 2 aliphatic rings. The van der Waals surface area contributed by atoms with Gasteiger partial charge in [-0.1, -0.05) is 0 Å². The Morgan fingerprint density at radius 2 is 2.18 bits per heavy atom. The molecular weight excluding hydrogens is 388 g/mol. The predicted octanol–water partition coefficient (Wildman–Crippen LogP) is 2.86. The third-order valence-corrected chi connectivity index (χ3v) is 5.26. The molecule has 0 radical (unpaired) electrons. The molecule has 1 N–H and O–H groups in total. The number of hydrogen-bond donors (Lipinski definition) is 1. The van der Waals surface area contributed by atoms with Crippen LogP contribution in [0.3, 0.4) is 0 Å². The molecule has 0 bridgehead atoms. The van der Waals surface area contributed by atoms with E-state index >= 15 is 0 Å². The second-order valence-electron chi connectivity index (χ2n) is 6.08. The number of carbonyl (C=O) groups excluding carboxylic acids is 2. The van der Waals surface area contributed by atoms with Gasteiger partial charge in [-0.25, -0.2) is 4.79 Å². The zero-order valence-corrected chi connectivity index (χ0v) is 15.2. The molecule has 28 heavy (non-hydrogen) atoms. The molecule has 10 heteroatoms. The van der Waals surface area contributed by atoms with Crippen LogP contribution in [0.15, 0.2) is 35.2 Å². The van der Waals surface area contributed by atoms with Gasteiger partial charge in [0.15, 0.2) is 6.79 Å². The second kappa shape index (κ2) is 7.49. The molecule has 2 aromatic carbocycles. The van der Waals surface area contributed by atoms with Gasteiger partial charge in [-0.2, -0.15) is 0 Å². The Morgan fingerprint density at radius 3 is 3.00 bits per heavy atom. The van der Waals surface area contributed by atoms with E-state index in [4.69, 9.17) is 14.2 Å². The number of amides is 1. The minimum Gasteiger partial charge on any atom is -0.467 e. The molecule has 2 heterocycles. The summed E-state index contributed by atoms with van der Waals surface area (Å²) in [5.41, 5.74) is 1.61. The van der Waals surface area contributed by atoms with Crippen molar-refractivity contribution in [2.75, 3.05) is 17.9 Å². The summed E-state index contributed by atoms with van der Waals surface area (Å²) in [4.78, 5) is 35.4. The van der Waals surface area contributed by atoms with Crippen molar-refractivity contribution in [3.8, 4) is 5.75 Å². The quantitative estimate of drug-likeness (QED) is 0.471. The lowest BCUT2D eigenvalue weighted by Crippen LogP contribution is -2.19. The van der Waals surface area contributed by atoms with Gasteiger partial charge >= 0.3 is 5.97 Å². The fraction of sp³-hybridized carbons (Fsp3) is 0.222. The molecule has 0 fully saturated rings. The predicted molar refractivity (Wildman–Crippen MR) is 98.3 cm³/mol. The summed E-state index contributed by atoms with van der Waals surface area (Å²) < 4.78 is 15.9. The number of nitro benzene ring substituents is 1. The smallest absolute Gasteiger partial charge is 0.338 e. The molecule has 0 spiro atoms. The van der Waals surface area contributed by atoms with Crippen molar-refractivity contribution in [1.82, 2.24) is 0 Å². The highest BCUT2D eigenvalue weighted by molar-refractivity contribution is 8.00. The van der Waals surface area contributed by atoms with Crippen molar-refractivity contribution in [3.05, 3.63) is 57.1 Å². The molecule has 1 amide bonds. The van der Waals surface area contributed by atoms with Crippen LogP contribution in [-0.2, 0) is 27.5 Å². The van der Waals surface area contributed by atoms with Crippen molar-refractivity contribution < 1.29 is 28.7 Å². The molecule has 0 saturated heterocycles. The van der Waals surface area contributed by atoms with Crippen LogP contribution in [0.25, 0.3) is 0 Å². The summed E-state index contributed by atoms with van der Waals surface area (Å²) in [7, 11) is 0. The van der Waals surface area contributed by atoms with Gasteiger partial charge in [0.05, 0.1) is 28.5 Å². The normalized spacial score (nSPS) is 14.9. The molecule has 0 aliphatic carbocycles. The fourth-order valence-electron chi connectivity index (χ4n) is 2.93. The number of non-ortho nitro benzene ring substituents is 1. The van der Waals surface area contributed by atoms with E-state index in [2.05, 4.69) is 5.32 Å².